The second-order valence-corrected chi connectivity index (χ2v) is 8.84. The third-order valence-corrected chi connectivity index (χ3v) is 7.05. The van der Waals surface area contributed by atoms with Gasteiger partial charge in [-0.15, -0.1) is 11.8 Å². The summed E-state index contributed by atoms with van der Waals surface area (Å²) >= 11 is 2.48. The van der Waals surface area contributed by atoms with Crippen molar-refractivity contribution in [2.45, 2.75) is 29.3 Å². The fourth-order valence-corrected chi connectivity index (χ4v) is 5.72. The molecule has 2 heterocycles. The summed E-state index contributed by atoms with van der Waals surface area (Å²) in [6.45, 7) is 1.75. The van der Waals surface area contributed by atoms with Crippen molar-refractivity contribution in [1.82, 2.24) is 4.57 Å². The highest BCUT2D eigenvalue weighted by Crippen LogP contribution is 2.39. The van der Waals surface area contributed by atoms with Gasteiger partial charge in [-0.3, -0.25) is 14.2 Å². The van der Waals surface area contributed by atoms with Crippen LogP contribution >= 0.6 is 23.5 Å². The van der Waals surface area contributed by atoms with Crippen LogP contribution < -0.4 is 5.56 Å². The predicted molar refractivity (Wildman–Crippen MR) is 112 cm³/mol. The van der Waals surface area contributed by atoms with Gasteiger partial charge in [0, 0.05) is 28.7 Å². The van der Waals surface area contributed by atoms with E-state index < -0.39 is 17.7 Å². The average Bonchev–Trinajstić information content (AvgIpc) is 3.13. The van der Waals surface area contributed by atoms with E-state index >= 15 is 0 Å². The molecule has 0 saturated carbocycles. The first kappa shape index (κ1) is 19.9. The van der Waals surface area contributed by atoms with Crippen molar-refractivity contribution in [3.8, 4) is 0 Å². The maximum absolute atomic E-state index is 14.2. The molecule has 0 fully saturated rings. The number of nitrogens with zero attached hydrogens (tertiary/aromatic N) is 1. The summed E-state index contributed by atoms with van der Waals surface area (Å²) in [6, 6.07) is 13.9. The molecular formula is C22H17F2NO2S2. The number of rotatable bonds is 4. The Bertz CT molecular complexity index is 1130. The van der Waals surface area contributed by atoms with E-state index in [2.05, 4.69) is 0 Å². The summed E-state index contributed by atoms with van der Waals surface area (Å²) < 4.78 is 29.8. The van der Waals surface area contributed by atoms with Crippen LogP contribution in [-0.4, -0.2) is 15.4 Å². The number of hydrogen-bond donors (Lipinski definition) is 0. The van der Waals surface area contributed by atoms with Gasteiger partial charge < -0.3 is 0 Å². The fourth-order valence-electron chi connectivity index (χ4n) is 3.38. The van der Waals surface area contributed by atoms with Crippen LogP contribution in [0, 0.1) is 18.6 Å². The molecule has 0 aliphatic carbocycles. The first-order valence-corrected chi connectivity index (χ1v) is 10.8. The van der Waals surface area contributed by atoms with Gasteiger partial charge in [0.15, 0.2) is 0 Å². The molecule has 2 aromatic carbocycles. The lowest BCUT2D eigenvalue weighted by atomic mass is 10.0. The zero-order chi connectivity index (χ0) is 20.5. The molecule has 0 amide bonds. The van der Waals surface area contributed by atoms with E-state index in [1.165, 1.54) is 40.6 Å². The number of carbonyl (C=O) groups is 1. The molecule has 3 nitrogen and oxygen atoms in total. The molecule has 0 spiro atoms. The van der Waals surface area contributed by atoms with Crippen molar-refractivity contribution in [3.05, 3.63) is 93.3 Å². The van der Waals surface area contributed by atoms with E-state index in [0.717, 1.165) is 16.7 Å². The van der Waals surface area contributed by atoms with Gasteiger partial charge in [-0.2, -0.15) is 0 Å². The average molecular weight is 430 g/mol. The fraction of sp³-hybridized carbons (Fsp3) is 0.182. The highest BCUT2D eigenvalue weighted by Gasteiger charge is 2.33. The van der Waals surface area contributed by atoms with Crippen LogP contribution in [0.3, 0.4) is 0 Å². The number of benzene rings is 2. The molecule has 3 aromatic rings. The van der Waals surface area contributed by atoms with Crippen LogP contribution in [-0.2, 0) is 11.2 Å². The number of aryl methyl sites for hydroxylation is 1. The van der Waals surface area contributed by atoms with E-state index in [4.69, 9.17) is 0 Å². The van der Waals surface area contributed by atoms with Crippen LogP contribution in [0.15, 0.2) is 69.3 Å². The normalized spacial score (nSPS) is 15.3. The Morgan fingerprint density at radius 3 is 2.48 bits per heavy atom. The van der Waals surface area contributed by atoms with Gasteiger partial charge in [-0.25, -0.2) is 8.78 Å². The van der Waals surface area contributed by atoms with Crippen molar-refractivity contribution < 1.29 is 13.6 Å². The molecular weight excluding hydrogens is 412 g/mol. The number of pyridine rings is 1. The summed E-state index contributed by atoms with van der Waals surface area (Å²) in [5.74, 6) is -0.821. The maximum Gasteiger partial charge on any atom is 0.252 e. The molecule has 148 valence electrons. The third-order valence-electron chi connectivity index (χ3n) is 4.87. The zero-order valence-corrected chi connectivity index (χ0v) is 17.2. The molecule has 4 rings (SSSR count). The third kappa shape index (κ3) is 3.89. The highest BCUT2D eigenvalue weighted by molar-refractivity contribution is 8.13. The van der Waals surface area contributed by atoms with Gasteiger partial charge in [0.1, 0.15) is 17.7 Å². The molecule has 0 saturated heterocycles. The van der Waals surface area contributed by atoms with E-state index in [-0.39, 0.29) is 22.7 Å². The standard InChI is InChI=1S/C22H17F2NO2S2/c1-13-10-20(26)25-19(22(27)29-14-6-3-2-4-7-14)12-28-21(25)15(13)11-16-17(23)8-5-9-18(16)24/h2-10,19H,11-12H2,1H3. The van der Waals surface area contributed by atoms with Crippen LogP contribution in [0.1, 0.15) is 22.7 Å². The SMILES string of the molecule is Cc1cc(=O)n2c(c1Cc1c(F)cccc1F)SCC2C(=O)Sc1ccccc1. The topological polar surface area (TPSA) is 39.1 Å². The molecule has 0 bridgehead atoms. The molecule has 29 heavy (non-hydrogen) atoms. The lowest BCUT2D eigenvalue weighted by molar-refractivity contribution is -0.113. The lowest BCUT2D eigenvalue weighted by Gasteiger charge is -2.16. The van der Waals surface area contributed by atoms with Gasteiger partial charge in [-0.05, 0) is 54.1 Å². The van der Waals surface area contributed by atoms with Crippen molar-refractivity contribution in [2.24, 2.45) is 0 Å². The van der Waals surface area contributed by atoms with Crippen molar-refractivity contribution in [2.75, 3.05) is 5.75 Å². The Balaban J connectivity index is 1.71. The minimum absolute atomic E-state index is 0.0275. The summed E-state index contributed by atoms with van der Waals surface area (Å²) in [4.78, 5) is 26.4. The summed E-state index contributed by atoms with van der Waals surface area (Å²) in [7, 11) is 0. The highest BCUT2D eigenvalue weighted by atomic mass is 32.2. The van der Waals surface area contributed by atoms with Crippen LogP contribution in [0.25, 0.3) is 0 Å². The van der Waals surface area contributed by atoms with Gasteiger partial charge in [-0.1, -0.05) is 24.3 Å². The van der Waals surface area contributed by atoms with Crippen LogP contribution in [0.2, 0.25) is 0 Å². The lowest BCUT2D eigenvalue weighted by Crippen LogP contribution is -2.28. The summed E-state index contributed by atoms with van der Waals surface area (Å²) in [5.41, 5.74) is 1.04. The molecule has 1 aliphatic heterocycles. The minimum atomic E-state index is -0.621. The Morgan fingerprint density at radius 2 is 1.79 bits per heavy atom. The second-order valence-electron chi connectivity index (χ2n) is 6.76. The number of thioether (sulfide) groups is 2. The van der Waals surface area contributed by atoms with E-state index in [1.54, 1.807) is 6.92 Å². The molecule has 1 aromatic heterocycles. The van der Waals surface area contributed by atoms with Crippen LogP contribution in [0.5, 0.6) is 0 Å². The molecule has 0 radical (unpaired) electrons. The Hall–Kier alpha value is -2.38. The predicted octanol–water partition coefficient (Wildman–Crippen LogP) is 4.99. The molecule has 1 atom stereocenters. The minimum Gasteiger partial charge on any atom is -0.291 e. The van der Waals surface area contributed by atoms with E-state index in [1.807, 2.05) is 30.3 Å². The Morgan fingerprint density at radius 1 is 1.10 bits per heavy atom. The van der Waals surface area contributed by atoms with E-state index in [0.29, 0.717) is 21.9 Å². The van der Waals surface area contributed by atoms with Crippen molar-refractivity contribution in [3.63, 3.8) is 0 Å². The first-order chi connectivity index (χ1) is 14.0. The summed E-state index contributed by atoms with van der Waals surface area (Å²) in [6.07, 6.45) is 0.0275. The molecule has 0 N–H and O–H groups in total. The van der Waals surface area contributed by atoms with E-state index in [9.17, 15) is 18.4 Å². The number of fused-ring (bicyclic) bond motifs is 1. The Kier molecular flexibility index (Phi) is 5.61. The molecule has 1 aliphatic rings. The van der Waals surface area contributed by atoms with Gasteiger partial charge in [0.05, 0.1) is 5.03 Å². The van der Waals surface area contributed by atoms with Crippen molar-refractivity contribution >= 4 is 28.6 Å². The number of halogens is 2. The van der Waals surface area contributed by atoms with Gasteiger partial charge >= 0.3 is 0 Å². The second kappa shape index (κ2) is 8.16. The maximum atomic E-state index is 14.2. The zero-order valence-electron chi connectivity index (χ0n) is 15.5. The van der Waals surface area contributed by atoms with Crippen molar-refractivity contribution in [1.29, 1.82) is 0 Å². The largest absolute Gasteiger partial charge is 0.291 e. The summed E-state index contributed by atoms with van der Waals surface area (Å²) in [5, 5.41) is 0.487. The molecule has 7 heteroatoms. The number of carbonyl (C=O) groups excluding carboxylic acids is 1. The Labute approximate surface area is 175 Å². The quantitative estimate of drug-likeness (QED) is 0.548. The first-order valence-electron chi connectivity index (χ1n) is 9.03. The number of hydrogen-bond acceptors (Lipinski definition) is 4. The van der Waals surface area contributed by atoms with Crippen LogP contribution in [0.4, 0.5) is 8.78 Å². The molecule has 1 unspecified atom stereocenters. The van der Waals surface area contributed by atoms with Gasteiger partial charge in [0.25, 0.3) is 5.56 Å². The number of aromatic nitrogens is 1. The monoisotopic (exact) mass is 429 g/mol. The smallest absolute Gasteiger partial charge is 0.252 e. The van der Waals surface area contributed by atoms with Gasteiger partial charge in [0.2, 0.25) is 5.12 Å².